The van der Waals surface area contributed by atoms with Crippen LogP contribution in [0.4, 0.5) is 0 Å². The van der Waals surface area contributed by atoms with Gasteiger partial charge >= 0.3 is 0 Å². The maximum absolute atomic E-state index is 12.5. The van der Waals surface area contributed by atoms with Gasteiger partial charge in [-0.25, -0.2) is 13.4 Å². The maximum Gasteiger partial charge on any atom is 0.246 e. The van der Waals surface area contributed by atoms with Gasteiger partial charge in [0.1, 0.15) is 5.69 Å². The van der Waals surface area contributed by atoms with E-state index in [1.54, 1.807) is 18.2 Å². The van der Waals surface area contributed by atoms with Crippen LogP contribution in [0.15, 0.2) is 29.6 Å². The van der Waals surface area contributed by atoms with E-state index in [0.29, 0.717) is 0 Å². The first-order valence-corrected chi connectivity index (χ1v) is 8.52. The quantitative estimate of drug-likeness (QED) is 0.456. The summed E-state index contributed by atoms with van der Waals surface area (Å²) in [5, 5.41) is 11.0. The number of sulfone groups is 1. The van der Waals surface area contributed by atoms with E-state index in [-0.39, 0.29) is 22.9 Å². The second kappa shape index (κ2) is 6.52. The summed E-state index contributed by atoms with van der Waals surface area (Å²) in [5.74, 6) is -1.28. The first-order chi connectivity index (χ1) is 11.3. The van der Waals surface area contributed by atoms with Crippen molar-refractivity contribution in [1.29, 1.82) is 5.26 Å². The van der Waals surface area contributed by atoms with Crippen molar-refractivity contribution in [2.24, 2.45) is 5.92 Å². The van der Waals surface area contributed by atoms with E-state index in [4.69, 9.17) is 11.7 Å². The number of imidazole rings is 1. The molecule has 0 spiro atoms. The third kappa shape index (κ3) is 3.12. The number of nitrogens with zero attached hydrogens (tertiary/aromatic N) is 3. The topological polar surface area (TPSA) is 121 Å². The first kappa shape index (κ1) is 17.2. The zero-order valence-corrected chi connectivity index (χ0v) is 13.4. The average Bonchev–Trinajstić information content (AvgIpc) is 2.93. The Hall–Kier alpha value is -3.17. The molecule has 0 aromatic carbocycles. The minimum absolute atomic E-state index is 0.136. The third-order valence-corrected chi connectivity index (χ3v) is 4.05. The van der Waals surface area contributed by atoms with Crippen LogP contribution in [0.25, 0.3) is 5.52 Å². The van der Waals surface area contributed by atoms with Gasteiger partial charge in [0.05, 0.1) is 18.1 Å². The molecule has 2 aromatic heterocycles. The SMILES string of the molecule is C#CCNC(=O)C(C#N)C(=O)c1nc(S(C)(=O)=O)n2ccccc12. The van der Waals surface area contributed by atoms with Crippen LogP contribution >= 0.6 is 0 Å². The molecule has 0 saturated heterocycles. The van der Waals surface area contributed by atoms with Crippen molar-refractivity contribution in [2.45, 2.75) is 5.16 Å². The maximum atomic E-state index is 12.5. The van der Waals surface area contributed by atoms with Crippen LogP contribution < -0.4 is 5.32 Å². The van der Waals surface area contributed by atoms with Crippen molar-refractivity contribution >= 4 is 27.0 Å². The lowest BCUT2D eigenvalue weighted by molar-refractivity contribution is -0.121. The van der Waals surface area contributed by atoms with E-state index >= 15 is 0 Å². The Morgan fingerprint density at radius 2 is 2.17 bits per heavy atom. The van der Waals surface area contributed by atoms with Crippen LogP contribution in [0.5, 0.6) is 0 Å². The van der Waals surface area contributed by atoms with Crippen LogP contribution in [0.3, 0.4) is 0 Å². The van der Waals surface area contributed by atoms with Crippen molar-refractivity contribution in [3.8, 4) is 18.4 Å². The monoisotopic (exact) mass is 344 g/mol. The average molecular weight is 344 g/mol. The lowest BCUT2D eigenvalue weighted by Crippen LogP contribution is -2.35. The van der Waals surface area contributed by atoms with Crippen LogP contribution in [0.1, 0.15) is 10.5 Å². The summed E-state index contributed by atoms with van der Waals surface area (Å²) < 4.78 is 24.9. The molecule has 122 valence electrons. The van der Waals surface area contributed by atoms with Crippen LogP contribution in [0.2, 0.25) is 0 Å². The van der Waals surface area contributed by atoms with E-state index in [2.05, 4.69) is 16.2 Å². The molecule has 0 saturated carbocycles. The number of hydrogen-bond donors (Lipinski definition) is 1. The third-order valence-electron chi connectivity index (χ3n) is 3.10. The molecule has 1 amide bonds. The van der Waals surface area contributed by atoms with Gasteiger partial charge in [-0.05, 0) is 12.1 Å². The van der Waals surface area contributed by atoms with Gasteiger partial charge < -0.3 is 5.32 Å². The molecule has 2 rings (SSSR count). The summed E-state index contributed by atoms with van der Waals surface area (Å²) in [4.78, 5) is 28.3. The first-order valence-electron chi connectivity index (χ1n) is 6.63. The molecular weight excluding hydrogens is 332 g/mol. The van der Waals surface area contributed by atoms with Gasteiger partial charge in [0.2, 0.25) is 26.7 Å². The highest BCUT2D eigenvalue weighted by atomic mass is 32.2. The zero-order valence-electron chi connectivity index (χ0n) is 12.6. The molecule has 0 bridgehead atoms. The summed E-state index contributed by atoms with van der Waals surface area (Å²) in [5.41, 5.74) is -0.0774. The Balaban J connectivity index is 2.56. The van der Waals surface area contributed by atoms with Crippen LogP contribution in [-0.2, 0) is 14.6 Å². The molecule has 0 aliphatic rings. The zero-order chi connectivity index (χ0) is 17.9. The van der Waals surface area contributed by atoms with Crippen molar-refractivity contribution < 1.29 is 18.0 Å². The van der Waals surface area contributed by atoms with Crippen molar-refractivity contribution in [3.05, 3.63) is 30.1 Å². The molecule has 24 heavy (non-hydrogen) atoms. The molecule has 8 nitrogen and oxygen atoms in total. The van der Waals surface area contributed by atoms with Gasteiger partial charge in [-0.1, -0.05) is 12.0 Å². The van der Waals surface area contributed by atoms with Crippen LogP contribution in [0, 0.1) is 29.6 Å². The summed E-state index contributed by atoms with van der Waals surface area (Å²) in [6, 6.07) is 6.22. The Morgan fingerprint density at radius 1 is 1.46 bits per heavy atom. The number of nitrogens with one attached hydrogen (secondary N) is 1. The highest BCUT2D eigenvalue weighted by molar-refractivity contribution is 7.90. The van der Waals surface area contributed by atoms with E-state index in [9.17, 15) is 18.0 Å². The molecule has 2 aromatic rings. The van der Waals surface area contributed by atoms with Gasteiger partial charge in [0, 0.05) is 12.5 Å². The Bertz CT molecular complexity index is 1010. The predicted molar refractivity (Wildman–Crippen MR) is 83.6 cm³/mol. The summed E-state index contributed by atoms with van der Waals surface area (Å²) in [6.45, 7) is -0.136. The molecule has 0 aliphatic heterocycles. The largest absolute Gasteiger partial charge is 0.344 e. The summed E-state index contributed by atoms with van der Waals surface area (Å²) in [7, 11) is -3.72. The van der Waals surface area contributed by atoms with Crippen molar-refractivity contribution in [2.75, 3.05) is 12.8 Å². The Kier molecular flexibility index (Phi) is 4.67. The molecule has 0 fully saturated rings. The number of aromatic nitrogens is 2. The second-order valence-corrected chi connectivity index (χ2v) is 6.73. The van der Waals surface area contributed by atoms with Gasteiger partial charge in [-0.2, -0.15) is 5.26 Å². The molecular formula is C15H12N4O4S. The fourth-order valence-corrected chi connectivity index (χ4v) is 2.84. The van der Waals surface area contributed by atoms with E-state index in [1.165, 1.54) is 16.7 Å². The number of carbonyl (C=O) groups excluding carboxylic acids is 2. The standard InChI is InChI=1S/C15H12N4O4S/c1-3-7-17-14(21)10(9-16)13(20)12-11-6-4-5-8-19(11)15(18-12)24(2,22)23/h1,4-6,8,10H,7H2,2H3,(H,17,21). The smallest absolute Gasteiger partial charge is 0.246 e. The highest BCUT2D eigenvalue weighted by Crippen LogP contribution is 2.20. The number of hydrogen-bond acceptors (Lipinski definition) is 6. The lowest BCUT2D eigenvalue weighted by atomic mass is 10.0. The van der Waals surface area contributed by atoms with Gasteiger partial charge in [0.15, 0.2) is 5.92 Å². The van der Waals surface area contributed by atoms with Crippen LogP contribution in [-0.4, -0.2) is 42.3 Å². The summed E-state index contributed by atoms with van der Waals surface area (Å²) in [6.07, 6.45) is 7.39. The van der Waals surface area contributed by atoms with E-state index in [1.807, 2.05) is 0 Å². The fraction of sp³-hybridized carbons (Fsp3) is 0.200. The van der Waals surface area contributed by atoms with Crippen molar-refractivity contribution in [1.82, 2.24) is 14.7 Å². The van der Waals surface area contributed by atoms with Gasteiger partial charge in [-0.3, -0.25) is 14.0 Å². The normalized spacial score (nSPS) is 12.1. The number of terminal acetylenes is 1. The number of ketones is 1. The number of Topliss-reactive ketones (excluding diaryl/α,β-unsaturated/α-hetero) is 1. The molecule has 0 radical (unpaired) electrons. The fourth-order valence-electron chi connectivity index (χ4n) is 2.07. The lowest BCUT2D eigenvalue weighted by Gasteiger charge is -2.06. The number of amides is 1. The van der Waals surface area contributed by atoms with Gasteiger partial charge in [0.25, 0.3) is 0 Å². The Morgan fingerprint density at radius 3 is 2.75 bits per heavy atom. The number of carbonyl (C=O) groups is 2. The molecule has 1 atom stereocenters. The molecule has 1 unspecified atom stereocenters. The molecule has 1 N–H and O–H groups in total. The van der Waals surface area contributed by atoms with Crippen molar-refractivity contribution in [3.63, 3.8) is 0 Å². The number of fused-ring (bicyclic) bond motifs is 1. The second-order valence-electron chi connectivity index (χ2n) is 4.82. The molecule has 2 heterocycles. The van der Waals surface area contributed by atoms with Gasteiger partial charge in [-0.15, -0.1) is 6.42 Å². The van der Waals surface area contributed by atoms with E-state index in [0.717, 1.165) is 6.26 Å². The van der Waals surface area contributed by atoms with E-state index < -0.39 is 27.4 Å². The molecule has 0 aliphatic carbocycles. The summed E-state index contributed by atoms with van der Waals surface area (Å²) >= 11 is 0. The number of rotatable bonds is 5. The minimum atomic E-state index is -3.72. The molecule has 9 heteroatoms. The number of pyridine rings is 1. The highest BCUT2D eigenvalue weighted by Gasteiger charge is 2.32. The predicted octanol–water partition coefficient (Wildman–Crippen LogP) is -0.190. The number of nitriles is 1. The Labute approximate surface area is 138 Å². The minimum Gasteiger partial charge on any atom is -0.344 e.